The van der Waals surface area contributed by atoms with E-state index in [2.05, 4.69) is 0 Å². The van der Waals surface area contributed by atoms with Crippen LogP contribution < -0.4 is 9.64 Å². The number of ether oxygens (including phenoxy) is 1. The molecule has 1 fully saturated rings. The molecule has 0 radical (unpaired) electrons. The molecule has 0 N–H and O–H groups in total. The Bertz CT molecular complexity index is 454. The molecule has 0 aliphatic carbocycles. The number of hydrogen-bond acceptors (Lipinski definition) is 3. The zero-order chi connectivity index (χ0) is 12.4. The van der Waals surface area contributed by atoms with Crippen molar-refractivity contribution in [2.75, 3.05) is 11.4 Å². The average molecular weight is 233 g/mol. The molecule has 1 aliphatic heterocycles. The molecule has 4 heteroatoms. The quantitative estimate of drug-likeness (QED) is 0.748. The number of carbonyl (C=O) groups excluding carboxylic acids is 2. The minimum atomic E-state index is -0.440. The molecule has 0 spiro atoms. The van der Waals surface area contributed by atoms with Crippen LogP contribution in [0.15, 0.2) is 24.3 Å². The first-order chi connectivity index (χ1) is 8.09. The first-order valence-electron chi connectivity index (χ1n) is 5.70. The van der Waals surface area contributed by atoms with Gasteiger partial charge in [-0.05, 0) is 26.0 Å². The first-order valence-corrected chi connectivity index (χ1v) is 5.70. The van der Waals surface area contributed by atoms with Crippen molar-refractivity contribution < 1.29 is 14.3 Å². The summed E-state index contributed by atoms with van der Waals surface area (Å²) in [6.45, 7) is 4.29. The van der Waals surface area contributed by atoms with E-state index in [1.807, 2.05) is 32.0 Å². The zero-order valence-electron chi connectivity index (χ0n) is 9.97. The highest BCUT2D eigenvalue weighted by Gasteiger charge is 2.31. The zero-order valence-corrected chi connectivity index (χ0v) is 9.97. The summed E-state index contributed by atoms with van der Waals surface area (Å²) < 4.78 is 5.64. The van der Waals surface area contributed by atoms with Crippen LogP contribution in [-0.2, 0) is 9.59 Å². The van der Waals surface area contributed by atoms with Crippen LogP contribution >= 0.6 is 0 Å². The van der Waals surface area contributed by atoms with Crippen LogP contribution in [0.25, 0.3) is 0 Å². The number of nitrogens with zero attached hydrogens (tertiary/aromatic N) is 1. The molecule has 90 valence electrons. The smallest absolute Gasteiger partial charge is 0.294 e. The molecular weight excluding hydrogens is 218 g/mol. The van der Waals surface area contributed by atoms with E-state index >= 15 is 0 Å². The normalized spacial score (nSPS) is 15.8. The van der Waals surface area contributed by atoms with Gasteiger partial charge >= 0.3 is 0 Å². The van der Waals surface area contributed by atoms with Crippen LogP contribution in [0.1, 0.15) is 20.3 Å². The lowest BCUT2D eigenvalue weighted by atomic mass is 10.2. The number of benzene rings is 1. The van der Waals surface area contributed by atoms with Gasteiger partial charge in [0.25, 0.3) is 5.91 Å². The fourth-order valence-corrected chi connectivity index (χ4v) is 1.84. The maximum atomic E-state index is 11.7. The summed E-state index contributed by atoms with van der Waals surface area (Å²) in [5, 5.41) is 0. The average Bonchev–Trinajstić information content (AvgIpc) is 2.60. The van der Waals surface area contributed by atoms with Crippen molar-refractivity contribution in [3.8, 4) is 5.75 Å². The van der Waals surface area contributed by atoms with Crippen molar-refractivity contribution in [1.29, 1.82) is 0 Å². The molecule has 1 aliphatic rings. The van der Waals surface area contributed by atoms with Crippen molar-refractivity contribution in [1.82, 2.24) is 0 Å². The van der Waals surface area contributed by atoms with E-state index in [1.54, 1.807) is 6.07 Å². The number of amides is 1. The molecular formula is C13H15NO3. The number of ketones is 1. The SMILES string of the molecule is CC(C)Oc1ccccc1N1CCC(=O)C1=O. The minimum Gasteiger partial charge on any atom is -0.489 e. The third-order valence-corrected chi connectivity index (χ3v) is 2.56. The van der Waals surface area contributed by atoms with Gasteiger partial charge in [-0.15, -0.1) is 0 Å². The molecule has 1 aromatic carbocycles. The van der Waals surface area contributed by atoms with E-state index in [4.69, 9.17) is 4.74 Å². The van der Waals surface area contributed by atoms with Gasteiger partial charge in [-0.1, -0.05) is 12.1 Å². The fourth-order valence-electron chi connectivity index (χ4n) is 1.84. The largest absolute Gasteiger partial charge is 0.489 e. The summed E-state index contributed by atoms with van der Waals surface area (Å²) in [6, 6.07) is 7.29. The van der Waals surface area contributed by atoms with Gasteiger partial charge in [0.05, 0.1) is 11.8 Å². The topological polar surface area (TPSA) is 46.6 Å². The molecule has 17 heavy (non-hydrogen) atoms. The summed E-state index contributed by atoms with van der Waals surface area (Å²) in [6.07, 6.45) is 0.319. The molecule has 1 amide bonds. The molecule has 0 atom stereocenters. The fraction of sp³-hybridized carbons (Fsp3) is 0.385. The molecule has 1 aromatic rings. The first kappa shape index (κ1) is 11.6. The lowest BCUT2D eigenvalue weighted by molar-refractivity contribution is -0.133. The highest BCUT2D eigenvalue weighted by Crippen LogP contribution is 2.31. The van der Waals surface area contributed by atoms with E-state index in [9.17, 15) is 9.59 Å². The van der Waals surface area contributed by atoms with Gasteiger partial charge in [0.2, 0.25) is 5.78 Å². The molecule has 0 aromatic heterocycles. The minimum absolute atomic E-state index is 0.0320. The second-order valence-corrected chi connectivity index (χ2v) is 4.26. The number of para-hydroxylation sites is 2. The van der Waals surface area contributed by atoms with Crippen LogP contribution in [0.2, 0.25) is 0 Å². The van der Waals surface area contributed by atoms with Crippen LogP contribution in [0.4, 0.5) is 5.69 Å². The Balaban J connectivity index is 2.32. The monoisotopic (exact) mass is 233 g/mol. The number of hydrogen-bond donors (Lipinski definition) is 0. The number of rotatable bonds is 3. The second-order valence-electron chi connectivity index (χ2n) is 4.26. The Morgan fingerprint density at radius 2 is 1.94 bits per heavy atom. The third-order valence-electron chi connectivity index (χ3n) is 2.56. The van der Waals surface area contributed by atoms with Crippen LogP contribution in [0.5, 0.6) is 5.75 Å². The van der Waals surface area contributed by atoms with E-state index in [1.165, 1.54) is 4.90 Å². The Kier molecular flexibility index (Phi) is 3.13. The summed E-state index contributed by atoms with van der Waals surface area (Å²) in [5.74, 6) is -0.125. The Morgan fingerprint density at radius 1 is 1.24 bits per heavy atom. The number of carbonyl (C=O) groups is 2. The highest BCUT2D eigenvalue weighted by molar-refractivity contribution is 6.43. The number of Topliss-reactive ketones (excluding diaryl/α,β-unsaturated/α-hetero) is 1. The standard InChI is InChI=1S/C13H15NO3/c1-9(2)17-12-6-4-3-5-10(12)14-8-7-11(15)13(14)16/h3-6,9H,7-8H2,1-2H3. The lowest BCUT2D eigenvalue weighted by Gasteiger charge is -2.20. The van der Waals surface area contributed by atoms with Crippen LogP contribution in [0, 0.1) is 0 Å². The maximum Gasteiger partial charge on any atom is 0.294 e. The number of anilines is 1. The Labute approximate surface area is 100 Å². The van der Waals surface area contributed by atoms with Crippen molar-refractivity contribution in [3.05, 3.63) is 24.3 Å². The van der Waals surface area contributed by atoms with Gasteiger partial charge in [-0.2, -0.15) is 0 Å². The molecule has 1 heterocycles. The van der Waals surface area contributed by atoms with Crippen molar-refractivity contribution in [2.24, 2.45) is 0 Å². The van der Waals surface area contributed by atoms with Crippen molar-refractivity contribution >= 4 is 17.4 Å². The summed E-state index contributed by atoms with van der Waals surface area (Å²) in [4.78, 5) is 24.4. The van der Waals surface area contributed by atoms with Gasteiger partial charge in [-0.25, -0.2) is 0 Å². The van der Waals surface area contributed by atoms with Gasteiger partial charge in [0, 0.05) is 13.0 Å². The molecule has 1 saturated heterocycles. The van der Waals surface area contributed by atoms with Gasteiger partial charge in [-0.3, -0.25) is 9.59 Å². The summed E-state index contributed by atoms with van der Waals surface area (Å²) >= 11 is 0. The van der Waals surface area contributed by atoms with Gasteiger partial charge in [0.15, 0.2) is 0 Å². The van der Waals surface area contributed by atoms with E-state index in [-0.39, 0.29) is 18.3 Å². The molecule has 0 bridgehead atoms. The molecule has 2 rings (SSSR count). The van der Waals surface area contributed by atoms with Crippen LogP contribution in [-0.4, -0.2) is 24.3 Å². The van der Waals surface area contributed by atoms with Gasteiger partial charge in [0.1, 0.15) is 5.75 Å². The molecule has 0 saturated carbocycles. The van der Waals surface area contributed by atoms with Crippen molar-refractivity contribution in [3.63, 3.8) is 0 Å². The summed E-state index contributed by atoms with van der Waals surface area (Å²) in [7, 11) is 0. The molecule has 4 nitrogen and oxygen atoms in total. The van der Waals surface area contributed by atoms with Crippen molar-refractivity contribution in [2.45, 2.75) is 26.4 Å². The van der Waals surface area contributed by atoms with Gasteiger partial charge < -0.3 is 9.64 Å². The van der Waals surface area contributed by atoms with E-state index in [0.717, 1.165) is 0 Å². The second kappa shape index (κ2) is 4.57. The predicted molar refractivity (Wildman–Crippen MR) is 64.2 cm³/mol. The van der Waals surface area contributed by atoms with E-state index < -0.39 is 5.91 Å². The summed E-state index contributed by atoms with van der Waals surface area (Å²) in [5.41, 5.74) is 0.678. The Morgan fingerprint density at radius 3 is 2.53 bits per heavy atom. The Hall–Kier alpha value is -1.84. The third kappa shape index (κ3) is 2.30. The predicted octanol–water partition coefficient (Wildman–Crippen LogP) is 1.78. The van der Waals surface area contributed by atoms with Crippen LogP contribution in [0.3, 0.4) is 0 Å². The lowest BCUT2D eigenvalue weighted by Crippen LogP contribution is -2.27. The van der Waals surface area contributed by atoms with E-state index in [0.29, 0.717) is 18.0 Å². The maximum absolute atomic E-state index is 11.7. The highest BCUT2D eigenvalue weighted by atomic mass is 16.5. The molecule has 0 unspecified atom stereocenters.